The minimum Gasteiger partial charge on any atom is -0.341 e. The lowest BCUT2D eigenvalue weighted by Crippen LogP contribution is -2.11. The Hall–Kier alpha value is -1.89. The quantitative estimate of drug-likeness (QED) is 0.475. The van der Waals surface area contributed by atoms with Gasteiger partial charge in [-0.1, -0.05) is 23.7 Å². The lowest BCUT2D eigenvalue weighted by Gasteiger charge is -2.12. The van der Waals surface area contributed by atoms with E-state index in [0.717, 1.165) is 24.9 Å². The Morgan fingerprint density at radius 3 is 2.36 bits per heavy atom. The van der Waals surface area contributed by atoms with Gasteiger partial charge in [0, 0.05) is 17.8 Å². The number of nitrogens with zero attached hydrogens (tertiary/aromatic N) is 1. The van der Waals surface area contributed by atoms with Gasteiger partial charge in [0.15, 0.2) is 0 Å². The molecule has 0 saturated carbocycles. The van der Waals surface area contributed by atoms with Gasteiger partial charge >= 0.3 is 6.18 Å². The molecule has 0 aromatic heterocycles. The van der Waals surface area contributed by atoms with Crippen LogP contribution in [0.4, 0.5) is 18.9 Å². The zero-order chi connectivity index (χ0) is 19.0. The molecule has 2 rings (SSSR count). The van der Waals surface area contributed by atoms with Crippen LogP contribution in [0.15, 0.2) is 36.4 Å². The Balaban J connectivity index is 2.42. The largest absolute Gasteiger partial charge is 0.416 e. The van der Waals surface area contributed by atoms with E-state index in [0.29, 0.717) is 11.1 Å². The number of alkyl halides is 3. The second-order valence-corrected chi connectivity index (χ2v) is 8.09. The molecular weight excluding hydrogens is 382 g/mol. The number of nitro groups is 1. The standard InChI is InChI=1S/C15H12ClF3NO4P/c1-25(23,24)14-7-9(2-5-13(14)20(21)22)6-10-3-4-11(8-12(10)16)15(17,18)19/h2-5,7-8H,6H2,1H3,(H,23,24). The third-order valence-corrected chi connectivity index (χ3v) is 5.06. The highest BCUT2D eigenvalue weighted by molar-refractivity contribution is 7.65. The Morgan fingerprint density at radius 2 is 1.88 bits per heavy atom. The van der Waals surface area contributed by atoms with Crippen molar-refractivity contribution >= 4 is 30.0 Å². The van der Waals surface area contributed by atoms with Gasteiger partial charge in [-0.25, -0.2) is 0 Å². The van der Waals surface area contributed by atoms with E-state index in [9.17, 15) is 32.7 Å². The van der Waals surface area contributed by atoms with Crippen molar-refractivity contribution in [1.82, 2.24) is 0 Å². The summed E-state index contributed by atoms with van der Waals surface area (Å²) in [5.74, 6) is 0. The molecule has 10 heteroatoms. The van der Waals surface area contributed by atoms with E-state index in [1.807, 2.05) is 0 Å². The predicted octanol–water partition coefficient (Wildman–Crippen LogP) is 4.38. The van der Waals surface area contributed by atoms with Crippen LogP contribution in [0.3, 0.4) is 0 Å². The van der Waals surface area contributed by atoms with Crippen LogP contribution >= 0.6 is 19.0 Å². The van der Waals surface area contributed by atoms with Gasteiger partial charge in [-0.15, -0.1) is 0 Å². The topological polar surface area (TPSA) is 80.4 Å². The number of hydrogen-bond donors (Lipinski definition) is 1. The van der Waals surface area contributed by atoms with Crippen LogP contribution in [0.5, 0.6) is 0 Å². The van der Waals surface area contributed by atoms with Gasteiger partial charge in [-0.2, -0.15) is 13.2 Å². The molecule has 0 spiro atoms. The third kappa shape index (κ3) is 4.60. The summed E-state index contributed by atoms with van der Waals surface area (Å²) in [6.07, 6.45) is -4.46. The minimum absolute atomic E-state index is 0.0575. The van der Waals surface area contributed by atoms with Crippen molar-refractivity contribution in [3.05, 3.63) is 68.2 Å². The summed E-state index contributed by atoms with van der Waals surface area (Å²) in [6.45, 7) is 0.976. The molecule has 0 amide bonds. The number of halogens is 4. The summed E-state index contributed by atoms with van der Waals surface area (Å²) in [5, 5.41) is 10.5. The number of nitro benzene ring substituents is 1. The Labute approximate surface area is 145 Å². The van der Waals surface area contributed by atoms with Crippen LogP contribution in [0.25, 0.3) is 0 Å². The van der Waals surface area contributed by atoms with Gasteiger partial charge in [0.1, 0.15) is 5.30 Å². The van der Waals surface area contributed by atoms with Crippen molar-refractivity contribution in [2.45, 2.75) is 12.6 Å². The molecule has 0 aliphatic rings. The molecule has 0 heterocycles. The molecule has 0 aliphatic carbocycles. The van der Waals surface area contributed by atoms with Gasteiger partial charge in [0.2, 0.25) is 7.37 Å². The molecule has 5 nitrogen and oxygen atoms in total. The highest BCUT2D eigenvalue weighted by Gasteiger charge is 2.31. The van der Waals surface area contributed by atoms with Crippen LogP contribution in [0, 0.1) is 10.1 Å². The van der Waals surface area contributed by atoms with Crippen molar-refractivity contribution in [3.63, 3.8) is 0 Å². The summed E-state index contributed by atoms with van der Waals surface area (Å²) in [7, 11) is -3.91. The van der Waals surface area contributed by atoms with E-state index in [-0.39, 0.29) is 16.7 Å². The van der Waals surface area contributed by atoms with Crippen molar-refractivity contribution in [3.8, 4) is 0 Å². The first-order chi connectivity index (χ1) is 11.4. The van der Waals surface area contributed by atoms with Gasteiger partial charge in [-0.05, 0) is 35.7 Å². The van der Waals surface area contributed by atoms with Gasteiger partial charge < -0.3 is 4.89 Å². The second-order valence-electron chi connectivity index (χ2n) is 5.44. The normalized spacial score (nSPS) is 14.2. The molecule has 0 fully saturated rings. The molecule has 0 bridgehead atoms. The fourth-order valence-corrected chi connectivity index (χ4v) is 3.49. The van der Waals surface area contributed by atoms with Gasteiger partial charge in [0.05, 0.1) is 10.5 Å². The number of benzene rings is 2. The van der Waals surface area contributed by atoms with Crippen molar-refractivity contribution < 1.29 is 27.6 Å². The maximum absolute atomic E-state index is 12.6. The van der Waals surface area contributed by atoms with Crippen molar-refractivity contribution in [2.75, 3.05) is 6.66 Å². The lowest BCUT2D eigenvalue weighted by molar-refractivity contribution is -0.383. The maximum atomic E-state index is 12.6. The van der Waals surface area contributed by atoms with Gasteiger partial charge in [-0.3, -0.25) is 14.7 Å². The molecule has 134 valence electrons. The fraction of sp³-hybridized carbons (Fsp3) is 0.200. The van der Waals surface area contributed by atoms with Crippen LogP contribution in [-0.2, 0) is 17.2 Å². The molecule has 2 aromatic rings. The Kier molecular flexibility index (Phi) is 5.27. The summed E-state index contributed by atoms with van der Waals surface area (Å²) in [4.78, 5) is 19.9. The Bertz CT molecular complexity index is 880. The molecule has 0 radical (unpaired) electrons. The molecule has 1 unspecified atom stereocenters. The molecule has 2 aromatic carbocycles. The van der Waals surface area contributed by atoms with Crippen LogP contribution in [0.2, 0.25) is 5.02 Å². The average Bonchev–Trinajstić information content (AvgIpc) is 2.47. The first-order valence-electron chi connectivity index (χ1n) is 6.83. The zero-order valence-corrected chi connectivity index (χ0v) is 14.4. The lowest BCUT2D eigenvalue weighted by atomic mass is 10.0. The third-order valence-electron chi connectivity index (χ3n) is 3.46. The highest BCUT2D eigenvalue weighted by atomic mass is 35.5. The number of hydrogen-bond acceptors (Lipinski definition) is 3. The van der Waals surface area contributed by atoms with E-state index < -0.39 is 29.7 Å². The summed E-state index contributed by atoms with van der Waals surface area (Å²) < 4.78 is 49.8. The monoisotopic (exact) mass is 393 g/mol. The molecule has 0 aliphatic heterocycles. The zero-order valence-electron chi connectivity index (χ0n) is 12.7. The molecular formula is C15H12ClF3NO4P. The van der Waals surface area contributed by atoms with Crippen LogP contribution in [0.1, 0.15) is 16.7 Å². The van der Waals surface area contributed by atoms with E-state index in [1.54, 1.807) is 0 Å². The second kappa shape index (κ2) is 6.78. The highest BCUT2D eigenvalue weighted by Crippen LogP contribution is 2.38. The van der Waals surface area contributed by atoms with E-state index in [4.69, 9.17) is 11.6 Å². The molecule has 1 N–H and O–H groups in total. The molecule has 1 atom stereocenters. The maximum Gasteiger partial charge on any atom is 0.416 e. The molecule has 25 heavy (non-hydrogen) atoms. The summed E-state index contributed by atoms with van der Waals surface area (Å²) in [5.41, 5.74) is -0.605. The van der Waals surface area contributed by atoms with E-state index in [1.165, 1.54) is 18.2 Å². The minimum atomic E-state index is -4.52. The van der Waals surface area contributed by atoms with E-state index in [2.05, 4.69) is 0 Å². The fourth-order valence-electron chi connectivity index (χ4n) is 2.25. The predicted molar refractivity (Wildman–Crippen MR) is 87.7 cm³/mol. The summed E-state index contributed by atoms with van der Waals surface area (Å²) in [6, 6.07) is 6.54. The summed E-state index contributed by atoms with van der Waals surface area (Å²) >= 11 is 5.88. The average molecular weight is 394 g/mol. The van der Waals surface area contributed by atoms with Crippen LogP contribution < -0.4 is 5.30 Å². The van der Waals surface area contributed by atoms with Crippen molar-refractivity contribution in [1.29, 1.82) is 0 Å². The first-order valence-corrected chi connectivity index (χ1v) is 9.32. The Morgan fingerprint density at radius 1 is 1.24 bits per heavy atom. The smallest absolute Gasteiger partial charge is 0.341 e. The van der Waals surface area contributed by atoms with Crippen molar-refractivity contribution in [2.24, 2.45) is 0 Å². The van der Waals surface area contributed by atoms with Crippen LogP contribution in [-0.4, -0.2) is 16.5 Å². The first kappa shape index (κ1) is 19.4. The SMILES string of the molecule is CP(=O)(O)c1cc(Cc2ccc(C(F)(F)F)cc2Cl)ccc1[N+](=O)[O-]. The van der Waals surface area contributed by atoms with E-state index >= 15 is 0 Å². The molecule has 0 saturated heterocycles. The number of rotatable bonds is 4. The van der Waals surface area contributed by atoms with Gasteiger partial charge in [0.25, 0.3) is 5.69 Å².